The molecule has 17 heavy (non-hydrogen) atoms. The summed E-state index contributed by atoms with van der Waals surface area (Å²) in [6.45, 7) is 0. The lowest BCUT2D eigenvalue weighted by Gasteiger charge is -1.93. The minimum absolute atomic E-state index is 0.112. The van der Waals surface area contributed by atoms with Crippen LogP contribution in [0.15, 0.2) is 41.5 Å². The van der Waals surface area contributed by atoms with Crippen LogP contribution in [0.3, 0.4) is 0 Å². The summed E-state index contributed by atoms with van der Waals surface area (Å²) in [5, 5.41) is 0.691. The minimum atomic E-state index is -0.112. The maximum atomic E-state index is 11.3. The second-order valence-electron chi connectivity index (χ2n) is 3.56. The molecule has 0 unspecified atom stereocenters. The molecule has 3 heterocycles. The number of H-pyrrole nitrogens is 1. The van der Waals surface area contributed by atoms with E-state index in [1.54, 1.807) is 24.5 Å². The van der Waals surface area contributed by atoms with Crippen molar-refractivity contribution in [1.29, 1.82) is 0 Å². The van der Waals surface area contributed by atoms with E-state index in [1.807, 2.05) is 12.1 Å². The molecule has 0 fully saturated rings. The summed E-state index contributed by atoms with van der Waals surface area (Å²) in [4.78, 5) is 19.1. The molecule has 0 aliphatic heterocycles. The standard InChI is InChI=1S/C12H7ClN2OS/c13-8-2-4-14-9-6-10(17-12(8)9)7-1-3-15-11(16)5-7/h1-6H,(H,15,16). The number of aromatic amines is 1. The average molecular weight is 263 g/mol. The van der Waals surface area contributed by atoms with Crippen molar-refractivity contribution >= 4 is 33.2 Å². The van der Waals surface area contributed by atoms with E-state index in [0.29, 0.717) is 5.02 Å². The van der Waals surface area contributed by atoms with Gasteiger partial charge in [-0.3, -0.25) is 9.78 Å². The number of rotatable bonds is 1. The first-order valence-electron chi connectivity index (χ1n) is 4.97. The summed E-state index contributed by atoms with van der Waals surface area (Å²) < 4.78 is 0.949. The predicted octanol–water partition coefficient (Wildman–Crippen LogP) is 3.31. The van der Waals surface area contributed by atoms with E-state index in [1.165, 1.54) is 11.3 Å². The summed E-state index contributed by atoms with van der Waals surface area (Å²) in [5.74, 6) is 0. The molecular formula is C12H7ClN2OS. The van der Waals surface area contributed by atoms with Gasteiger partial charge in [-0.25, -0.2) is 0 Å². The SMILES string of the molecule is O=c1cc(-c2cc3nccc(Cl)c3s2)cc[nH]1. The summed E-state index contributed by atoms with van der Waals surface area (Å²) in [6.07, 6.45) is 3.32. The Labute approximate surface area is 106 Å². The van der Waals surface area contributed by atoms with Crippen LogP contribution in [0.25, 0.3) is 20.7 Å². The molecule has 0 aliphatic rings. The molecule has 0 saturated heterocycles. The Bertz CT molecular complexity index is 747. The first-order valence-corrected chi connectivity index (χ1v) is 6.17. The van der Waals surface area contributed by atoms with Crippen molar-refractivity contribution in [3.63, 3.8) is 0 Å². The Morgan fingerprint density at radius 3 is 2.94 bits per heavy atom. The Morgan fingerprint density at radius 2 is 2.18 bits per heavy atom. The highest BCUT2D eigenvalue weighted by atomic mass is 35.5. The summed E-state index contributed by atoms with van der Waals surface area (Å²) in [5.41, 5.74) is 1.63. The fraction of sp³-hybridized carbons (Fsp3) is 0. The molecule has 0 amide bonds. The lowest BCUT2D eigenvalue weighted by atomic mass is 10.2. The number of hydrogen-bond acceptors (Lipinski definition) is 3. The van der Waals surface area contributed by atoms with Gasteiger partial charge in [0, 0.05) is 23.3 Å². The topological polar surface area (TPSA) is 45.8 Å². The number of halogens is 1. The fourth-order valence-electron chi connectivity index (χ4n) is 1.65. The molecule has 3 aromatic heterocycles. The summed E-state index contributed by atoms with van der Waals surface area (Å²) >= 11 is 7.63. The highest BCUT2D eigenvalue weighted by molar-refractivity contribution is 7.22. The molecule has 1 N–H and O–H groups in total. The maximum Gasteiger partial charge on any atom is 0.248 e. The third-order valence-electron chi connectivity index (χ3n) is 2.42. The van der Waals surface area contributed by atoms with Gasteiger partial charge in [-0.2, -0.15) is 0 Å². The molecule has 0 radical (unpaired) electrons. The van der Waals surface area contributed by atoms with Crippen LogP contribution >= 0.6 is 22.9 Å². The van der Waals surface area contributed by atoms with Crippen molar-refractivity contribution in [1.82, 2.24) is 9.97 Å². The van der Waals surface area contributed by atoms with Gasteiger partial charge >= 0.3 is 0 Å². The van der Waals surface area contributed by atoms with Gasteiger partial charge in [0.1, 0.15) is 0 Å². The number of pyridine rings is 2. The molecule has 3 rings (SSSR count). The van der Waals surface area contributed by atoms with Gasteiger partial charge in [0.25, 0.3) is 0 Å². The second kappa shape index (κ2) is 3.98. The zero-order valence-electron chi connectivity index (χ0n) is 8.61. The van der Waals surface area contributed by atoms with Gasteiger partial charge < -0.3 is 4.98 Å². The lowest BCUT2D eigenvalue weighted by molar-refractivity contribution is 1.24. The third-order valence-corrected chi connectivity index (χ3v) is 4.06. The van der Waals surface area contributed by atoms with Crippen LogP contribution in [0, 0.1) is 0 Å². The van der Waals surface area contributed by atoms with Crippen LogP contribution in [-0.4, -0.2) is 9.97 Å². The molecule has 0 aromatic carbocycles. The predicted molar refractivity (Wildman–Crippen MR) is 70.7 cm³/mol. The largest absolute Gasteiger partial charge is 0.329 e. The van der Waals surface area contributed by atoms with E-state index in [9.17, 15) is 4.79 Å². The van der Waals surface area contributed by atoms with Crippen LogP contribution in [0.1, 0.15) is 0 Å². The van der Waals surface area contributed by atoms with Crippen molar-refractivity contribution in [3.8, 4) is 10.4 Å². The maximum absolute atomic E-state index is 11.3. The van der Waals surface area contributed by atoms with Crippen molar-refractivity contribution in [2.24, 2.45) is 0 Å². The normalized spacial score (nSPS) is 10.9. The van der Waals surface area contributed by atoms with Crippen LogP contribution in [0.5, 0.6) is 0 Å². The number of aromatic nitrogens is 2. The van der Waals surface area contributed by atoms with Gasteiger partial charge in [-0.15, -0.1) is 11.3 Å². The minimum Gasteiger partial charge on any atom is -0.329 e. The van der Waals surface area contributed by atoms with Gasteiger partial charge in [-0.05, 0) is 23.8 Å². The van der Waals surface area contributed by atoms with Crippen molar-refractivity contribution in [3.05, 3.63) is 52.0 Å². The molecular weight excluding hydrogens is 256 g/mol. The van der Waals surface area contributed by atoms with E-state index in [-0.39, 0.29) is 5.56 Å². The van der Waals surface area contributed by atoms with Crippen LogP contribution in [-0.2, 0) is 0 Å². The quantitative estimate of drug-likeness (QED) is 0.731. The zero-order valence-corrected chi connectivity index (χ0v) is 10.2. The van der Waals surface area contributed by atoms with Crippen molar-refractivity contribution < 1.29 is 0 Å². The molecule has 5 heteroatoms. The van der Waals surface area contributed by atoms with Gasteiger partial charge in [0.05, 0.1) is 15.2 Å². The van der Waals surface area contributed by atoms with E-state index in [0.717, 1.165) is 20.7 Å². The van der Waals surface area contributed by atoms with E-state index in [2.05, 4.69) is 9.97 Å². The molecule has 0 atom stereocenters. The first-order chi connectivity index (χ1) is 8.24. The monoisotopic (exact) mass is 262 g/mol. The number of hydrogen-bond donors (Lipinski definition) is 1. The number of thiophene rings is 1. The van der Waals surface area contributed by atoms with Crippen LogP contribution in [0.2, 0.25) is 5.02 Å². The van der Waals surface area contributed by atoms with Crippen molar-refractivity contribution in [2.75, 3.05) is 0 Å². The van der Waals surface area contributed by atoms with E-state index < -0.39 is 0 Å². The van der Waals surface area contributed by atoms with E-state index in [4.69, 9.17) is 11.6 Å². The molecule has 84 valence electrons. The molecule has 0 spiro atoms. The van der Waals surface area contributed by atoms with Gasteiger partial charge in [0.15, 0.2) is 0 Å². The smallest absolute Gasteiger partial charge is 0.248 e. The Balaban J connectivity index is 2.25. The number of fused-ring (bicyclic) bond motifs is 1. The molecule has 3 aromatic rings. The Kier molecular flexibility index (Phi) is 2.46. The Morgan fingerprint density at radius 1 is 1.29 bits per heavy atom. The molecule has 0 saturated carbocycles. The second-order valence-corrected chi connectivity index (χ2v) is 5.02. The number of nitrogens with zero attached hydrogens (tertiary/aromatic N) is 1. The van der Waals surface area contributed by atoms with Gasteiger partial charge in [0.2, 0.25) is 5.56 Å². The Hall–Kier alpha value is -1.65. The molecule has 0 aliphatic carbocycles. The highest BCUT2D eigenvalue weighted by Gasteiger charge is 2.07. The zero-order chi connectivity index (χ0) is 11.8. The molecule has 3 nitrogen and oxygen atoms in total. The average Bonchev–Trinajstić information content (AvgIpc) is 2.74. The van der Waals surface area contributed by atoms with Crippen LogP contribution < -0.4 is 5.56 Å². The van der Waals surface area contributed by atoms with Gasteiger partial charge in [-0.1, -0.05) is 11.6 Å². The summed E-state index contributed by atoms with van der Waals surface area (Å²) in [7, 11) is 0. The van der Waals surface area contributed by atoms with E-state index >= 15 is 0 Å². The highest BCUT2D eigenvalue weighted by Crippen LogP contribution is 2.35. The summed E-state index contributed by atoms with van der Waals surface area (Å²) in [6, 6.07) is 7.14. The fourth-order valence-corrected chi connectivity index (χ4v) is 2.93. The van der Waals surface area contributed by atoms with Crippen molar-refractivity contribution in [2.45, 2.75) is 0 Å². The third kappa shape index (κ3) is 1.85. The first kappa shape index (κ1) is 10.5. The van der Waals surface area contributed by atoms with Crippen LogP contribution in [0.4, 0.5) is 0 Å². The lowest BCUT2D eigenvalue weighted by Crippen LogP contribution is -2.01. The number of nitrogens with one attached hydrogen (secondary N) is 1. The molecule has 0 bridgehead atoms.